The molecule has 4 N–H and O–H groups in total. The number of ether oxygens (including phenoxy) is 1. The number of aromatic nitrogens is 3. The zero-order chi connectivity index (χ0) is 11.7. The van der Waals surface area contributed by atoms with Crippen LogP contribution in [0.3, 0.4) is 0 Å². The SMILES string of the molecule is OCc1cn(C2OCC(O)C(O)C2O)nn1. The molecule has 8 heteroatoms. The molecule has 1 saturated heterocycles. The van der Waals surface area contributed by atoms with Crippen LogP contribution in [0, 0.1) is 0 Å². The quantitative estimate of drug-likeness (QED) is 0.439. The molecule has 2 rings (SSSR count). The monoisotopic (exact) mass is 231 g/mol. The number of hydrogen-bond acceptors (Lipinski definition) is 7. The van der Waals surface area contributed by atoms with Gasteiger partial charge in [0.15, 0.2) is 6.23 Å². The van der Waals surface area contributed by atoms with Crippen molar-refractivity contribution in [3.63, 3.8) is 0 Å². The van der Waals surface area contributed by atoms with Gasteiger partial charge < -0.3 is 25.2 Å². The number of hydrogen-bond donors (Lipinski definition) is 4. The normalized spacial score (nSPS) is 35.2. The van der Waals surface area contributed by atoms with Gasteiger partial charge in [0.2, 0.25) is 0 Å². The summed E-state index contributed by atoms with van der Waals surface area (Å²) in [7, 11) is 0. The molecule has 4 atom stereocenters. The highest BCUT2D eigenvalue weighted by molar-refractivity contribution is 4.92. The van der Waals surface area contributed by atoms with Crippen LogP contribution in [0.4, 0.5) is 0 Å². The van der Waals surface area contributed by atoms with Gasteiger partial charge in [-0.15, -0.1) is 5.10 Å². The molecule has 0 aliphatic carbocycles. The minimum Gasteiger partial charge on any atom is -0.390 e. The number of aliphatic hydroxyl groups excluding tert-OH is 4. The molecule has 1 aromatic heterocycles. The van der Waals surface area contributed by atoms with Crippen LogP contribution in [-0.4, -0.2) is 60.3 Å². The van der Waals surface area contributed by atoms with Crippen molar-refractivity contribution in [1.82, 2.24) is 15.0 Å². The van der Waals surface area contributed by atoms with E-state index in [1.54, 1.807) is 0 Å². The zero-order valence-electron chi connectivity index (χ0n) is 8.34. The Morgan fingerprint density at radius 2 is 2.12 bits per heavy atom. The van der Waals surface area contributed by atoms with Crippen LogP contribution in [0.5, 0.6) is 0 Å². The summed E-state index contributed by atoms with van der Waals surface area (Å²) in [6, 6.07) is 0. The molecule has 1 aliphatic heterocycles. The second-order valence-electron chi connectivity index (χ2n) is 3.62. The summed E-state index contributed by atoms with van der Waals surface area (Å²) in [4.78, 5) is 0. The minimum atomic E-state index is -1.29. The predicted molar refractivity (Wildman–Crippen MR) is 49.0 cm³/mol. The van der Waals surface area contributed by atoms with Crippen molar-refractivity contribution >= 4 is 0 Å². The summed E-state index contributed by atoms with van der Waals surface area (Å²) >= 11 is 0. The summed E-state index contributed by atoms with van der Waals surface area (Å²) in [6.07, 6.45) is -3.21. The average molecular weight is 231 g/mol. The second kappa shape index (κ2) is 4.44. The molecule has 16 heavy (non-hydrogen) atoms. The molecule has 2 heterocycles. The highest BCUT2D eigenvalue weighted by atomic mass is 16.5. The van der Waals surface area contributed by atoms with Gasteiger partial charge in [0.1, 0.15) is 24.0 Å². The van der Waals surface area contributed by atoms with Crippen LogP contribution >= 0.6 is 0 Å². The summed E-state index contributed by atoms with van der Waals surface area (Å²) < 4.78 is 6.34. The molecule has 0 aromatic carbocycles. The lowest BCUT2D eigenvalue weighted by Crippen LogP contribution is -2.50. The molecule has 1 fully saturated rings. The van der Waals surface area contributed by atoms with E-state index in [1.807, 2.05) is 0 Å². The van der Waals surface area contributed by atoms with Crippen molar-refractivity contribution in [1.29, 1.82) is 0 Å². The van der Waals surface area contributed by atoms with E-state index in [1.165, 1.54) is 10.9 Å². The summed E-state index contributed by atoms with van der Waals surface area (Å²) in [5, 5.41) is 44.4. The van der Waals surface area contributed by atoms with Crippen LogP contribution < -0.4 is 0 Å². The maximum absolute atomic E-state index is 9.66. The van der Waals surface area contributed by atoms with Crippen molar-refractivity contribution in [2.75, 3.05) is 6.61 Å². The minimum absolute atomic E-state index is 0.1000. The Balaban J connectivity index is 2.15. The lowest BCUT2D eigenvalue weighted by molar-refractivity contribution is -0.214. The third-order valence-corrected chi connectivity index (χ3v) is 2.45. The van der Waals surface area contributed by atoms with Crippen molar-refractivity contribution in [2.45, 2.75) is 31.1 Å². The van der Waals surface area contributed by atoms with Gasteiger partial charge in [0, 0.05) is 0 Å². The molecule has 1 aliphatic rings. The van der Waals surface area contributed by atoms with Crippen LogP contribution in [0.2, 0.25) is 0 Å². The Morgan fingerprint density at radius 3 is 2.75 bits per heavy atom. The second-order valence-corrected chi connectivity index (χ2v) is 3.62. The zero-order valence-corrected chi connectivity index (χ0v) is 8.34. The Morgan fingerprint density at radius 1 is 1.38 bits per heavy atom. The molecular weight excluding hydrogens is 218 g/mol. The Bertz CT molecular complexity index is 357. The van der Waals surface area contributed by atoms with Crippen LogP contribution in [-0.2, 0) is 11.3 Å². The van der Waals surface area contributed by atoms with E-state index in [2.05, 4.69) is 10.3 Å². The molecule has 8 nitrogen and oxygen atoms in total. The topological polar surface area (TPSA) is 121 Å². The average Bonchev–Trinajstić information content (AvgIpc) is 2.74. The molecule has 0 bridgehead atoms. The van der Waals surface area contributed by atoms with Crippen molar-refractivity contribution in [3.05, 3.63) is 11.9 Å². The fourth-order valence-electron chi connectivity index (χ4n) is 1.53. The van der Waals surface area contributed by atoms with Crippen LogP contribution in [0.1, 0.15) is 11.9 Å². The smallest absolute Gasteiger partial charge is 0.180 e. The van der Waals surface area contributed by atoms with E-state index in [0.717, 1.165) is 0 Å². The summed E-state index contributed by atoms with van der Waals surface area (Å²) in [6.45, 7) is -0.370. The largest absolute Gasteiger partial charge is 0.390 e. The first kappa shape index (κ1) is 11.4. The van der Waals surface area contributed by atoms with Gasteiger partial charge in [-0.05, 0) is 0 Å². The van der Waals surface area contributed by atoms with Gasteiger partial charge in [-0.2, -0.15) is 0 Å². The van der Waals surface area contributed by atoms with E-state index >= 15 is 0 Å². The molecular formula is C8H13N3O5. The molecule has 1 aromatic rings. The molecule has 0 radical (unpaired) electrons. The standard InChI is InChI=1S/C8H13N3O5/c12-2-4-1-11(10-9-4)8-7(15)6(14)5(13)3-16-8/h1,5-8,12-15H,2-3H2. The predicted octanol–water partition coefficient (Wildman–Crippen LogP) is -2.62. The third kappa shape index (κ3) is 1.93. The molecule has 0 spiro atoms. The Labute approximate surface area is 90.7 Å². The van der Waals surface area contributed by atoms with Gasteiger partial charge in [-0.1, -0.05) is 5.21 Å². The van der Waals surface area contributed by atoms with Gasteiger partial charge >= 0.3 is 0 Å². The molecule has 0 amide bonds. The fourth-order valence-corrected chi connectivity index (χ4v) is 1.53. The number of aliphatic hydroxyl groups is 4. The van der Waals surface area contributed by atoms with Crippen molar-refractivity contribution in [3.8, 4) is 0 Å². The third-order valence-electron chi connectivity index (χ3n) is 2.45. The highest BCUT2D eigenvalue weighted by Crippen LogP contribution is 2.23. The number of rotatable bonds is 2. The van der Waals surface area contributed by atoms with E-state index in [0.29, 0.717) is 5.69 Å². The first-order valence-corrected chi connectivity index (χ1v) is 4.81. The molecule has 90 valence electrons. The Kier molecular flexibility index (Phi) is 3.17. The maximum atomic E-state index is 9.66. The molecule has 0 saturated carbocycles. The highest BCUT2D eigenvalue weighted by Gasteiger charge is 2.39. The van der Waals surface area contributed by atoms with Crippen LogP contribution in [0.25, 0.3) is 0 Å². The van der Waals surface area contributed by atoms with Crippen molar-refractivity contribution < 1.29 is 25.2 Å². The van der Waals surface area contributed by atoms with Gasteiger partial charge in [-0.25, -0.2) is 4.68 Å². The van der Waals surface area contributed by atoms with Gasteiger partial charge in [0.05, 0.1) is 19.4 Å². The maximum Gasteiger partial charge on any atom is 0.180 e. The van der Waals surface area contributed by atoms with E-state index < -0.39 is 24.5 Å². The Hall–Kier alpha value is -1.06. The van der Waals surface area contributed by atoms with Crippen LogP contribution in [0.15, 0.2) is 6.20 Å². The van der Waals surface area contributed by atoms with Gasteiger partial charge in [0.25, 0.3) is 0 Å². The van der Waals surface area contributed by atoms with E-state index in [-0.39, 0.29) is 13.2 Å². The first-order chi connectivity index (χ1) is 7.63. The van der Waals surface area contributed by atoms with Crippen molar-refractivity contribution in [2.24, 2.45) is 0 Å². The summed E-state index contributed by atoms with van der Waals surface area (Å²) in [5.41, 5.74) is 0.330. The van der Waals surface area contributed by atoms with Gasteiger partial charge in [-0.3, -0.25) is 0 Å². The fraction of sp³-hybridized carbons (Fsp3) is 0.750. The summed E-state index contributed by atoms with van der Waals surface area (Å²) in [5.74, 6) is 0. The van der Waals surface area contributed by atoms with E-state index in [4.69, 9.17) is 9.84 Å². The van der Waals surface area contributed by atoms with E-state index in [9.17, 15) is 15.3 Å². The first-order valence-electron chi connectivity index (χ1n) is 4.81. The molecule has 4 unspecified atom stereocenters. The lowest BCUT2D eigenvalue weighted by Gasteiger charge is -2.34. The number of nitrogens with zero attached hydrogens (tertiary/aromatic N) is 3. The lowest BCUT2D eigenvalue weighted by atomic mass is 10.0.